The molecule has 6 nitrogen and oxygen atoms in total. The molecule has 23 heavy (non-hydrogen) atoms. The highest BCUT2D eigenvalue weighted by molar-refractivity contribution is 6.30. The molecule has 1 aromatic rings. The van der Waals surface area contributed by atoms with Crippen LogP contribution in [-0.4, -0.2) is 41.8 Å². The molecule has 0 aliphatic rings. The molecule has 0 spiro atoms. The molecule has 2 N–H and O–H groups in total. The number of amides is 1. The largest absolute Gasteiger partial charge is 0.480 e. The predicted molar refractivity (Wildman–Crippen MR) is 86.7 cm³/mol. The van der Waals surface area contributed by atoms with Crippen LogP contribution in [0.25, 0.3) is 0 Å². The van der Waals surface area contributed by atoms with Crippen LogP contribution in [0.4, 0.5) is 0 Å². The third kappa shape index (κ3) is 6.30. The van der Waals surface area contributed by atoms with E-state index in [0.29, 0.717) is 10.8 Å². The van der Waals surface area contributed by atoms with Crippen molar-refractivity contribution in [1.82, 2.24) is 5.32 Å². The lowest BCUT2D eigenvalue weighted by atomic mass is 10.1. The van der Waals surface area contributed by atoms with Gasteiger partial charge in [0, 0.05) is 5.02 Å². The molecule has 1 amide bonds. The number of carbonyl (C=O) groups excluding carboxylic acids is 1. The Kier molecular flexibility index (Phi) is 7.06. The van der Waals surface area contributed by atoms with Crippen molar-refractivity contribution in [2.45, 2.75) is 25.5 Å². The first-order chi connectivity index (χ1) is 10.8. The lowest BCUT2D eigenvalue weighted by molar-refractivity contribution is -0.146. The minimum atomic E-state index is -1.28. The summed E-state index contributed by atoms with van der Waals surface area (Å²) in [6.07, 6.45) is 1.49. The Morgan fingerprint density at radius 2 is 2.17 bits per heavy atom. The van der Waals surface area contributed by atoms with E-state index in [1.54, 1.807) is 24.3 Å². The zero-order valence-corrected chi connectivity index (χ0v) is 13.8. The minimum Gasteiger partial charge on any atom is -0.480 e. The van der Waals surface area contributed by atoms with Crippen LogP contribution < -0.4 is 10.1 Å². The maximum atomic E-state index is 12.3. The molecule has 1 atom stereocenters. The van der Waals surface area contributed by atoms with Crippen LogP contribution >= 0.6 is 11.6 Å². The van der Waals surface area contributed by atoms with Gasteiger partial charge in [-0.15, -0.1) is 6.58 Å². The maximum absolute atomic E-state index is 12.3. The average Bonchev–Trinajstić information content (AvgIpc) is 2.45. The molecule has 0 bridgehead atoms. The average molecular weight is 342 g/mol. The summed E-state index contributed by atoms with van der Waals surface area (Å²) < 4.78 is 10.7. The number of hydrogen-bond acceptors (Lipinski definition) is 4. The molecule has 1 rings (SSSR count). The van der Waals surface area contributed by atoms with Gasteiger partial charge in [0.2, 0.25) is 0 Å². The monoisotopic (exact) mass is 341 g/mol. The topological polar surface area (TPSA) is 84.9 Å². The Labute approximate surface area is 140 Å². The number of rotatable bonds is 9. The second-order valence-corrected chi connectivity index (χ2v) is 5.70. The van der Waals surface area contributed by atoms with Gasteiger partial charge in [-0.2, -0.15) is 0 Å². The van der Waals surface area contributed by atoms with Crippen molar-refractivity contribution in [3.8, 4) is 5.75 Å². The van der Waals surface area contributed by atoms with Crippen LogP contribution in [0.1, 0.15) is 13.8 Å². The van der Waals surface area contributed by atoms with E-state index in [-0.39, 0.29) is 13.2 Å². The van der Waals surface area contributed by atoms with Crippen molar-refractivity contribution in [2.24, 2.45) is 0 Å². The fraction of sp³-hybridized carbons (Fsp3) is 0.375. The highest BCUT2D eigenvalue weighted by Crippen LogP contribution is 2.22. The smallest absolute Gasteiger partial charge is 0.328 e. The summed E-state index contributed by atoms with van der Waals surface area (Å²) in [5.74, 6) is -1.36. The van der Waals surface area contributed by atoms with Crippen LogP contribution in [0.15, 0.2) is 36.9 Å². The van der Waals surface area contributed by atoms with Crippen molar-refractivity contribution >= 4 is 23.5 Å². The Morgan fingerprint density at radius 3 is 2.74 bits per heavy atom. The number of ether oxygens (including phenoxy) is 2. The van der Waals surface area contributed by atoms with Gasteiger partial charge in [0.1, 0.15) is 5.75 Å². The lowest BCUT2D eigenvalue weighted by Crippen LogP contribution is -2.53. The molecular weight excluding hydrogens is 322 g/mol. The first-order valence-corrected chi connectivity index (χ1v) is 7.31. The van der Waals surface area contributed by atoms with Gasteiger partial charge >= 0.3 is 5.97 Å². The van der Waals surface area contributed by atoms with Gasteiger partial charge in [-0.3, -0.25) is 4.79 Å². The highest BCUT2D eigenvalue weighted by Gasteiger charge is 2.33. The summed E-state index contributed by atoms with van der Waals surface area (Å²) in [4.78, 5) is 23.5. The van der Waals surface area contributed by atoms with Crippen molar-refractivity contribution in [2.75, 3.05) is 13.2 Å². The van der Waals surface area contributed by atoms with Gasteiger partial charge in [0.15, 0.2) is 11.6 Å². The van der Waals surface area contributed by atoms with Crippen LogP contribution in [0.3, 0.4) is 0 Å². The summed E-state index contributed by atoms with van der Waals surface area (Å²) >= 11 is 5.87. The summed E-state index contributed by atoms with van der Waals surface area (Å²) in [6, 6.07) is 5.42. The quantitative estimate of drug-likeness (QED) is 0.531. The molecule has 126 valence electrons. The lowest BCUT2D eigenvalue weighted by Gasteiger charge is -2.27. The number of nitrogens with one attached hydrogen (secondary N) is 1. The standard InChI is InChI=1S/C16H20ClNO5/c1-4-8-22-10-13(14(19)20)18-15(21)16(2,3)23-12-7-5-6-11(17)9-12/h4-7,9,13H,1,8,10H2,2-3H3,(H,18,21)(H,19,20). The number of carboxylic acid groups (broad SMARTS) is 1. The number of carboxylic acids is 1. The van der Waals surface area contributed by atoms with Crippen molar-refractivity contribution in [3.63, 3.8) is 0 Å². The van der Waals surface area contributed by atoms with E-state index in [1.165, 1.54) is 19.9 Å². The van der Waals surface area contributed by atoms with E-state index in [9.17, 15) is 9.59 Å². The van der Waals surface area contributed by atoms with Gasteiger partial charge in [0.25, 0.3) is 5.91 Å². The minimum absolute atomic E-state index is 0.166. The van der Waals surface area contributed by atoms with Crippen LogP contribution in [0.5, 0.6) is 5.75 Å². The number of hydrogen-bond donors (Lipinski definition) is 2. The third-order valence-corrected chi connectivity index (χ3v) is 3.07. The molecule has 7 heteroatoms. The first kappa shape index (κ1) is 19.0. The summed E-state index contributed by atoms with van der Waals surface area (Å²) in [5, 5.41) is 12.0. The Bertz CT molecular complexity index is 573. The second-order valence-electron chi connectivity index (χ2n) is 5.26. The van der Waals surface area contributed by atoms with E-state index >= 15 is 0 Å². The molecule has 0 saturated carbocycles. The van der Waals surface area contributed by atoms with E-state index in [1.807, 2.05) is 0 Å². The normalized spacial score (nSPS) is 12.3. The van der Waals surface area contributed by atoms with Gasteiger partial charge < -0.3 is 19.9 Å². The Balaban J connectivity index is 2.71. The molecule has 0 heterocycles. The number of halogens is 1. The third-order valence-electron chi connectivity index (χ3n) is 2.84. The second kappa shape index (κ2) is 8.55. The molecule has 1 unspecified atom stereocenters. The zero-order chi connectivity index (χ0) is 17.5. The van der Waals surface area contributed by atoms with Crippen LogP contribution in [0, 0.1) is 0 Å². The Hall–Kier alpha value is -2.05. The highest BCUT2D eigenvalue weighted by atomic mass is 35.5. The Morgan fingerprint density at radius 1 is 1.48 bits per heavy atom. The van der Waals surface area contributed by atoms with Crippen molar-refractivity contribution in [1.29, 1.82) is 0 Å². The number of carbonyl (C=O) groups is 2. The van der Waals surface area contributed by atoms with Gasteiger partial charge in [-0.1, -0.05) is 23.7 Å². The maximum Gasteiger partial charge on any atom is 0.328 e. The fourth-order valence-electron chi connectivity index (χ4n) is 1.65. The summed E-state index contributed by atoms with van der Waals surface area (Å²) in [6.45, 7) is 6.57. The van der Waals surface area contributed by atoms with Crippen LogP contribution in [-0.2, 0) is 14.3 Å². The van der Waals surface area contributed by atoms with E-state index in [4.69, 9.17) is 26.2 Å². The molecule has 1 aromatic carbocycles. The molecule has 0 saturated heterocycles. The zero-order valence-electron chi connectivity index (χ0n) is 13.0. The predicted octanol–water partition coefficient (Wildman–Crippen LogP) is 2.27. The van der Waals surface area contributed by atoms with Gasteiger partial charge in [-0.05, 0) is 32.0 Å². The summed E-state index contributed by atoms with van der Waals surface area (Å²) in [7, 11) is 0. The molecule has 0 aliphatic carbocycles. The summed E-state index contributed by atoms with van der Waals surface area (Å²) in [5.41, 5.74) is -1.28. The van der Waals surface area contributed by atoms with Gasteiger partial charge in [0.05, 0.1) is 13.2 Å². The fourth-order valence-corrected chi connectivity index (χ4v) is 1.83. The molecule has 0 radical (unpaired) electrons. The van der Waals surface area contributed by atoms with E-state index in [2.05, 4.69) is 11.9 Å². The first-order valence-electron chi connectivity index (χ1n) is 6.93. The van der Waals surface area contributed by atoms with Crippen LogP contribution in [0.2, 0.25) is 5.02 Å². The van der Waals surface area contributed by atoms with E-state index < -0.39 is 23.5 Å². The molecule has 0 aliphatic heterocycles. The molecular formula is C16H20ClNO5. The van der Waals surface area contributed by atoms with Crippen molar-refractivity contribution in [3.05, 3.63) is 41.9 Å². The molecule has 0 fully saturated rings. The van der Waals surface area contributed by atoms with Gasteiger partial charge in [-0.25, -0.2) is 4.79 Å². The number of benzene rings is 1. The SMILES string of the molecule is C=CCOCC(NC(=O)C(C)(C)Oc1cccc(Cl)c1)C(=O)O. The van der Waals surface area contributed by atoms with E-state index in [0.717, 1.165) is 0 Å². The number of aliphatic carboxylic acids is 1. The molecule has 0 aromatic heterocycles. The van der Waals surface area contributed by atoms with Crippen molar-refractivity contribution < 1.29 is 24.2 Å².